The van der Waals surface area contributed by atoms with Crippen molar-refractivity contribution < 1.29 is 18.1 Å². The van der Waals surface area contributed by atoms with Gasteiger partial charge in [0.25, 0.3) is 10.1 Å². The number of nitrogens with two attached hydrogens (primary N) is 1. The second kappa shape index (κ2) is 6.53. The van der Waals surface area contributed by atoms with Crippen molar-refractivity contribution in [2.45, 2.75) is 19.1 Å². The normalized spacial score (nSPS) is 10.7. The molecule has 0 saturated carbocycles. The Hall–Kier alpha value is -0.170. The first-order valence-electron chi connectivity index (χ1n) is 3.13. The van der Waals surface area contributed by atoms with E-state index in [4.69, 9.17) is 15.4 Å². The van der Waals surface area contributed by atoms with E-state index in [9.17, 15) is 8.42 Å². The number of hydrogen-bond acceptors (Lipinski definition) is 4. The first-order chi connectivity index (χ1) is 4.86. The van der Waals surface area contributed by atoms with Crippen LogP contribution in [0.2, 0.25) is 0 Å². The van der Waals surface area contributed by atoms with Crippen LogP contribution >= 0.6 is 0 Å². The molecule has 4 N–H and O–H groups in total. The Kier molecular flexibility index (Phi) is 7.97. The Labute approximate surface area is 67.0 Å². The van der Waals surface area contributed by atoms with E-state index in [2.05, 4.69) is 0 Å². The molecule has 0 amide bonds. The van der Waals surface area contributed by atoms with E-state index in [1.54, 1.807) is 0 Å². The third-order valence-electron chi connectivity index (χ3n) is 0.725. The minimum Gasteiger partial charge on any atom is -0.395 e. The molecule has 0 bridgehead atoms. The van der Waals surface area contributed by atoms with Crippen LogP contribution in [0.4, 0.5) is 0 Å². The molecule has 0 rings (SSSR count). The highest BCUT2D eigenvalue weighted by molar-refractivity contribution is 7.86. The molecule has 70 valence electrons. The maximum absolute atomic E-state index is 9.89. The molecule has 0 aliphatic rings. The maximum atomic E-state index is 9.89. The van der Waals surface area contributed by atoms with Crippen molar-refractivity contribution in [1.82, 2.24) is 0 Å². The first-order valence-corrected chi connectivity index (χ1v) is 4.63. The molecule has 0 aliphatic carbocycles. The lowest BCUT2D eigenvalue weighted by Crippen LogP contribution is -2.10. The molecule has 0 radical (unpaired) electrons. The van der Waals surface area contributed by atoms with E-state index >= 15 is 0 Å². The zero-order valence-electron chi connectivity index (χ0n) is 6.69. The largest absolute Gasteiger partial charge is 0.395 e. The highest BCUT2D eigenvalue weighted by atomic mass is 32.2. The van der Waals surface area contributed by atoms with Crippen LogP contribution in [-0.2, 0) is 10.1 Å². The Balaban J connectivity index is 0. The monoisotopic (exact) mass is 185 g/mol. The fourth-order valence-electron chi connectivity index (χ4n) is 0. The van der Waals surface area contributed by atoms with E-state index < -0.39 is 15.4 Å². The van der Waals surface area contributed by atoms with E-state index in [0.29, 0.717) is 6.54 Å². The molecule has 0 fully saturated rings. The van der Waals surface area contributed by atoms with Crippen LogP contribution in [-0.4, -0.2) is 36.5 Å². The minimum absolute atomic E-state index is 0.0972. The Morgan fingerprint density at radius 1 is 1.45 bits per heavy atom. The average Bonchev–Trinajstić information content (AvgIpc) is 1.87. The summed E-state index contributed by atoms with van der Waals surface area (Å²) in [5.74, 6) is 0. The molecule has 0 atom stereocenters. The van der Waals surface area contributed by atoms with Gasteiger partial charge in [-0.2, -0.15) is 8.42 Å². The van der Waals surface area contributed by atoms with Crippen LogP contribution < -0.4 is 5.73 Å². The number of aliphatic hydroxyl groups excluding tert-OH is 1. The quantitative estimate of drug-likeness (QED) is 0.490. The van der Waals surface area contributed by atoms with Gasteiger partial charge in [-0.25, -0.2) is 0 Å². The van der Waals surface area contributed by atoms with E-state index in [1.165, 1.54) is 13.8 Å². The second-order valence-corrected chi connectivity index (χ2v) is 4.05. The van der Waals surface area contributed by atoms with Crippen molar-refractivity contribution in [1.29, 1.82) is 0 Å². The van der Waals surface area contributed by atoms with Crippen LogP contribution in [0.5, 0.6) is 0 Å². The third kappa shape index (κ3) is 12.9. The summed E-state index contributed by atoms with van der Waals surface area (Å²) in [4.78, 5) is 0. The van der Waals surface area contributed by atoms with Gasteiger partial charge in [-0.05, 0) is 13.8 Å². The summed E-state index contributed by atoms with van der Waals surface area (Å²) in [7, 11) is -3.74. The van der Waals surface area contributed by atoms with Gasteiger partial charge in [0.1, 0.15) is 0 Å². The number of rotatable bonds is 2. The smallest absolute Gasteiger partial charge is 0.267 e. The van der Waals surface area contributed by atoms with E-state index in [0.717, 1.165) is 0 Å². The summed E-state index contributed by atoms with van der Waals surface area (Å²) in [6.07, 6.45) is 0. The summed E-state index contributed by atoms with van der Waals surface area (Å²) < 4.78 is 27.8. The summed E-state index contributed by atoms with van der Waals surface area (Å²) in [5, 5.41) is 7.08. The SMILES string of the molecule is CC(C)S(=O)(=O)O.NCCO. The van der Waals surface area contributed by atoms with Gasteiger partial charge >= 0.3 is 0 Å². The van der Waals surface area contributed by atoms with Crippen molar-refractivity contribution in [3.8, 4) is 0 Å². The second-order valence-electron chi connectivity index (χ2n) is 2.08. The standard InChI is InChI=1S/C3H8O3S.C2H7NO/c1-3(2)7(4,5)6;3-1-2-4/h3H,1-2H3,(H,4,5,6);4H,1-3H2. The van der Waals surface area contributed by atoms with Crippen molar-refractivity contribution in [2.75, 3.05) is 13.2 Å². The summed E-state index contributed by atoms with van der Waals surface area (Å²) in [6.45, 7) is 3.30. The average molecular weight is 185 g/mol. The molecule has 0 unspecified atom stereocenters. The van der Waals surface area contributed by atoms with Crippen LogP contribution in [0.3, 0.4) is 0 Å². The lowest BCUT2D eigenvalue weighted by Gasteiger charge is -1.94. The van der Waals surface area contributed by atoms with Gasteiger partial charge in [0.05, 0.1) is 11.9 Å². The molecular weight excluding hydrogens is 170 g/mol. The van der Waals surface area contributed by atoms with Gasteiger partial charge in [0.15, 0.2) is 0 Å². The highest BCUT2D eigenvalue weighted by Gasteiger charge is 2.08. The third-order valence-corrected chi connectivity index (χ3v) is 1.92. The topological polar surface area (TPSA) is 101 Å². The fraction of sp³-hybridized carbons (Fsp3) is 1.00. The van der Waals surface area contributed by atoms with Gasteiger partial charge < -0.3 is 10.8 Å². The molecule has 0 aromatic rings. The highest BCUT2D eigenvalue weighted by Crippen LogP contribution is 1.91. The van der Waals surface area contributed by atoms with Crippen molar-refractivity contribution in [3.63, 3.8) is 0 Å². The molecule has 0 spiro atoms. The van der Waals surface area contributed by atoms with Crippen LogP contribution in [0.15, 0.2) is 0 Å². The van der Waals surface area contributed by atoms with Gasteiger partial charge in [-0.15, -0.1) is 0 Å². The summed E-state index contributed by atoms with van der Waals surface area (Å²) in [5.41, 5.74) is 4.78. The Morgan fingerprint density at radius 2 is 1.64 bits per heavy atom. The van der Waals surface area contributed by atoms with Gasteiger partial charge in [0.2, 0.25) is 0 Å². The summed E-state index contributed by atoms with van der Waals surface area (Å²) in [6, 6.07) is 0. The zero-order chi connectivity index (χ0) is 9.49. The molecule has 5 nitrogen and oxygen atoms in total. The van der Waals surface area contributed by atoms with Gasteiger partial charge in [0, 0.05) is 6.54 Å². The lowest BCUT2D eigenvalue weighted by molar-refractivity contribution is 0.306. The lowest BCUT2D eigenvalue weighted by atomic mass is 10.6. The maximum Gasteiger partial charge on any atom is 0.267 e. The predicted octanol–water partition coefficient (Wildman–Crippen LogP) is -0.780. The molecule has 0 heterocycles. The van der Waals surface area contributed by atoms with Gasteiger partial charge in [-0.1, -0.05) is 0 Å². The minimum atomic E-state index is -3.74. The molecule has 0 aromatic heterocycles. The zero-order valence-corrected chi connectivity index (χ0v) is 7.50. The number of aliphatic hydroxyl groups is 1. The molecule has 0 saturated heterocycles. The van der Waals surface area contributed by atoms with E-state index in [1.807, 2.05) is 0 Å². The van der Waals surface area contributed by atoms with Crippen LogP contribution in [0, 0.1) is 0 Å². The number of hydrogen-bond donors (Lipinski definition) is 3. The molecule has 11 heavy (non-hydrogen) atoms. The van der Waals surface area contributed by atoms with Crippen molar-refractivity contribution >= 4 is 10.1 Å². The Morgan fingerprint density at radius 3 is 1.64 bits per heavy atom. The fourth-order valence-corrected chi connectivity index (χ4v) is 0. The van der Waals surface area contributed by atoms with E-state index in [-0.39, 0.29) is 6.61 Å². The van der Waals surface area contributed by atoms with Crippen molar-refractivity contribution in [3.05, 3.63) is 0 Å². The van der Waals surface area contributed by atoms with Crippen LogP contribution in [0.25, 0.3) is 0 Å². The predicted molar refractivity (Wildman–Crippen MR) is 42.8 cm³/mol. The summed E-state index contributed by atoms with van der Waals surface area (Å²) >= 11 is 0. The molecule has 6 heteroatoms. The van der Waals surface area contributed by atoms with Crippen molar-refractivity contribution in [2.24, 2.45) is 5.73 Å². The van der Waals surface area contributed by atoms with Gasteiger partial charge in [-0.3, -0.25) is 4.55 Å². The molecule has 0 aliphatic heterocycles. The molecular formula is C5H15NO4S. The Bertz CT molecular complexity index is 161. The first kappa shape index (κ1) is 13.4. The molecule has 0 aromatic carbocycles. The van der Waals surface area contributed by atoms with Crippen LogP contribution in [0.1, 0.15) is 13.8 Å².